The maximum absolute atomic E-state index is 13.8. The standard InChI is InChI=1S/C31H41N15O8/c1-15(42-28(50)21(2-16-7-34-11-38-16)44-27(49)20(32)6-25(33)47)26(48)43-22(3-17-8-35-12-39-17)29(51)45-23(4-18-9-36-13-40-18)30(52)46-24(31(53)54)5-19-10-37-14-41-19/h7-15,20-24H,2-6,32H2,1H3,(H2,33,47)(H,34,38)(H,35,39)(H,36,40)(H,37,41)(H,42,50)(H,43,48)(H,44,49)(H,45,51)(H,46,52)(H,53,54)/t15-,20-,21-,22-,23-,24-/m0/s1. The van der Waals surface area contributed by atoms with Gasteiger partial charge in [-0.1, -0.05) is 0 Å². The van der Waals surface area contributed by atoms with Gasteiger partial charge >= 0.3 is 5.97 Å². The lowest BCUT2D eigenvalue weighted by molar-refractivity contribution is -0.142. The molecule has 6 amide bonds. The molecule has 4 aromatic heterocycles. The second-order valence-electron chi connectivity index (χ2n) is 12.2. The Hall–Kier alpha value is -6.91. The first-order valence-corrected chi connectivity index (χ1v) is 16.5. The molecule has 14 N–H and O–H groups in total. The number of nitrogens with one attached hydrogen (secondary N) is 9. The summed E-state index contributed by atoms with van der Waals surface area (Å²) in [7, 11) is 0. The van der Waals surface area contributed by atoms with Crippen LogP contribution in [0.4, 0.5) is 0 Å². The third-order valence-electron chi connectivity index (χ3n) is 7.94. The molecule has 0 saturated heterocycles. The predicted molar refractivity (Wildman–Crippen MR) is 184 cm³/mol. The van der Waals surface area contributed by atoms with Gasteiger partial charge in [0, 0.05) is 73.2 Å². The maximum Gasteiger partial charge on any atom is 0.326 e. The maximum atomic E-state index is 13.8. The van der Waals surface area contributed by atoms with Crippen LogP contribution in [-0.4, -0.2) is 123 Å². The van der Waals surface area contributed by atoms with Gasteiger partial charge in [-0.25, -0.2) is 24.7 Å². The van der Waals surface area contributed by atoms with Gasteiger partial charge in [0.25, 0.3) is 0 Å². The van der Waals surface area contributed by atoms with Crippen LogP contribution in [0.15, 0.2) is 50.1 Å². The van der Waals surface area contributed by atoms with E-state index in [2.05, 4.69) is 66.5 Å². The lowest BCUT2D eigenvalue weighted by Gasteiger charge is -2.26. The van der Waals surface area contributed by atoms with E-state index in [-0.39, 0.29) is 25.7 Å². The van der Waals surface area contributed by atoms with Crippen molar-refractivity contribution < 1.29 is 38.7 Å². The van der Waals surface area contributed by atoms with Crippen molar-refractivity contribution in [3.8, 4) is 0 Å². The van der Waals surface area contributed by atoms with Crippen molar-refractivity contribution in [3.63, 3.8) is 0 Å². The molecule has 0 aliphatic rings. The average Bonchev–Trinajstić information content (AvgIpc) is 3.96. The second kappa shape index (κ2) is 19.1. The molecule has 4 aromatic rings. The van der Waals surface area contributed by atoms with Crippen LogP contribution < -0.4 is 38.1 Å². The summed E-state index contributed by atoms with van der Waals surface area (Å²) in [5.74, 6) is -6.28. The van der Waals surface area contributed by atoms with Crippen molar-refractivity contribution in [1.29, 1.82) is 0 Å². The van der Waals surface area contributed by atoms with E-state index >= 15 is 0 Å². The Labute approximate surface area is 306 Å². The van der Waals surface area contributed by atoms with E-state index in [4.69, 9.17) is 11.5 Å². The molecular weight excluding hydrogens is 710 g/mol. The molecule has 0 unspecified atom stereocenters. The number of H-pyrrole nitrogens is 4. The summed E-state index contributed by atoms with van der Waals surface area (Å²) in [6, 6.07) is -7.97. The fraction of sp³-hybridized carbons (Fsp3) is 0.387. The number of primary amides is 1. The van der Waals surface area contributed by atoms with Crippen LogP contribution in [0.1, 0.15) is 36.1 Å². The van der Waals surface area contributed by atoms with Gasteiger partial charge in [0.2, 0.25) is 35.4 Å². The van der Waals surface area contributed by atoms with Crippen molar-refractivity contribution in [2.75, 3.05) is 0 Å². The molecule has 0 bridgehead atoms. The first-order valence-electron chi connectivity index (χ1n) is 16.5. The van der Waals surface area contributed by atoms with Crippen molar-refractivity contribution >= 4 is 41.4 Å². The molecule has 54 heavy (non-hydrogen) atoms. The van der Waals surface area contributed by atoms with Gasteiger partial charge in [0.15, 0.2) is 0 Å². The second-order valence-corrected chi connectivity index (χ2v) is 12.2. The number of carboxylic acids is 1. The Balaban J connectivity index is 1.48. The van der Waals surface area contributed by atoms with Gasteiger partial charge in [-0.2, -0.15) is 0 Å². The fourth-order valence-electron chi connectivity index (χ4n) is 5.10. The van der Waals surface area contributed by atoms with Crippen LogP contribution in [-0.2, 0) is 59.2 Å². The van der Waals surface area contributed by atoms with Gasteiger partial charge in [-0.3, -0.25) is 28.8 Å². The number of rotatable bonds is 21. The number of nitrogens with two attached hydrogens (primary N) is 2. The molecule has 288 valence electrons. The number of hydrogen-bond acceptors (Lipinski definition) is 12. The Morgan fingerprint density at radius 1 is 0.574 bits per heavy atom. The average molecular weight is 752 g/mol. The Bertz CT molecular complexity index is 1850. The summed E-state index contributed by atoms with van der Waals surface area (Å²) in [6.45, 7) is 1.34. The van der Waals surface area contributed by atoms with Gasteiger partial charge in [-0.15, -0.1) is 0 Å². The zero-order chi connectivity index (χ0) is 39.2. The number of carbonyl (C=O) groups is 7. The number of imidazole rings is 4. The number of hydrogen-bond donors (Lipinski definition) is 12. The predicted octanol–water partition coefficient (Wildman–Crippen LogP) is -4.42. The molecule has 0 fully saturated rings. The van der Waals surface area contributed by atoms with Gasteiger partial charge in [-0.05, 0) is 6.92 Å². The van der Waals surface area contributed by atoms with Crippen LogP contribution in [0.3, 0.4) is 0 Å². The number of aliphatic carboxylic acids is 1. The number of aromatic amines is 4. The minimum Gasteiger partial charge on any atom is -0.480 e. The summed E-state index contributed by atoms with van der Waals surface area (Å²) in [5.41, 5.74) is 12.7. The quantitative estimate of drug-likeness (QED) is 0.0383. The molecule has 0 aliphatic heterocycles. The highest BCUT2D eigenvalue weighted by Crippen LogP contribution is 2.07. The van der Waals surface area contributed by atoms with E-state index in [1.54, 1.807) is 0 Å². The Kier molecular flexibility index (Phi) is 14.1. The molecular formula is C31H41N15O8. The molecule has 0 radical (unpaired) electrons. The number of nitrogens with zero attached hydrogens (tertiary/aromatic N) is 4. The van der Waals surface area contributed by atoms with Gasteiger partial charge < -0.3 is 63.1 Å². The van der Waals surface area contributed by atoms with E-state index in [0.717, 1.165) is 0 Å². The summed E-state index contributed by atoms with van der Waals surface area (Å²) in [5, 5.41) is 22.4. The summed E-state index contributed by atoms with van der Waals surface area (Å²) >= 11 is 0. The third kappa shape index (κ3) is 12.1. The first-order chi connectivity index (χ1) is 25.8. The zero-order valence-electron chi connectivity index (χ0n) is 28.9. The van der Waals surface area contributed by atoms with Crippen molar-refractivity contribution in [2.24, 2.45) is 11.5 Å². The molecule has 6 atom stereocenters. The minimum absolute atomic E-state index is 0.0928. The molecule has 23 heteroatoms. The Morgan fingerprint density at radius 3 is 1.26 bits per heavy atom. The SMILES string of the molecule is C[C@H](NC(=O)[C@H](Cc1cnc[nH]1)NC(=O)[C@@H](N)CC(N)=O)C(=O)N[C@@H](Cc1cnc[nH]1)C(=O)N[C@@H](Cc1cnc[nH]1)C(=O)N[C@@H](Cc1cnc[nH]1)C(=O)O. The minimum atomic E-state index is -1.38. The van der Waals surface area contributed by atoms with E-state index in [0.29, 0.717) is 22.8 Å². The van der Waals surface area contributed by atoms with Crippen LogP contribution in [0.2, 0.25) is 0 Å². The van der Waals surface area contributed by atoms with E-state index in [1.807, 2.05) is 0 Å². The number of aromatic nitrogens is 8. The lowest BCUT2D eigenvalue weighted by atomic mass is 10.1. The zero-order valence-corrected chi connectivity index (χ0v) is 28.9. The number of carboxylic acid groups (broad SMARTS) is 1. The van der Waals surface area contributed by atoms with Crippen LogP contribution in [0.25, 0.3) is 0 Å². The molecule has 0 spiro atoms. The largest absolute Gasteiger partial charge is 0.480 e. The van der Waals surface area contributed by atoms with Crippen LogP contribution in [0.5, 0.6) is 0 Å². The highest BCUT2D eigenvalue weighted by molar-refractivity contribution is 5.96. The van der Waals surface area contributed by atoms with E-state index < -0.39 is 84.1 Å². The summed E-state index contributed by atoms with van der Waals surface area (Å²) in [4.78, 5) is 117. The van der Waals surface area contributed by atoms with Gasteiger partial charge in [0.05, 0.1) is 37.8 Å². The topological polar surface area (TPSA) is 367 Å². The molecule has 4 heterocycles. The Morgan fingerprint density at radius 2 is 0.907 bits per heavy atom. The number of carbonyl (C=O) groups excluding carboxylic acids is 6. The van der Waals surface area contributed by atoms with Gasteiger partial charge in [0.1, 0.15) is 30.2 Å². The molecule has 0 aromatic carbocycles. The monoisotopic (exact) mass is 751 g/mol. The molecule has 4 rings (SSSR count). The molecule has 0 saturated carbocycles. The third-order valence-corrected chi connectivity index (χ3v) is 7.94. The van der Waals surface area contributed by atoms with Crippen molar-refractivity contribution in [1.82, 2.24) is 66.5 Å². The van der Waals surface area contributed by atoms with Crippen LogP contribution >= 0.6 is 0 Å². The van der Waals surface area contributed by atoms with Crippen molar-refractivity contribution in [3.05, 3.63) is 72.9 Å². The lowest BCUT2D eigenvalue weighted by Crippen LogP contribution is -2.59. The van der Waals surface area contributed by atoms with E-state index in [1.165, 1.54) is 57.0 Å². The van der Waals surface area contributed by atoms with Crippen LogP contribution in [0, 0.1) is 0 Å². The highest BCUT2D eigenvalue weighted by Gasteiger charge is 2.33. The molecule has 23 nitrogen and oxygen atoms in total. The van der Waals surface area contributed by atoms with Crippen molar-refractivity contribution in [2.45, 2.75) is 75.3 Å². The number of amides is 6. The molecule has 0 aliphatic carbocycles. The van der Waals surface area contributed by atoms with E-state index in [9.17, 15) is 38.7 Å². The fourth-order valence-corrected chi connectivity index (χ4v) is 5.10. The highest BCUT2D eigenvalue weighted by atomic mass is 16.4. The normalized spacial score (nSPS) is 14.3. The first kappa shape index (κ1) is 39.9. The summed E-state index contributed by atoms with van der Waals surface area (Å²) < 4.78 is 0. The summed E-state index contributed by atoms with van der Waals surface area (Å²) in [6.07, 6.45) is 10.2. The smallest absolute Gasteiger partial charge is 0.326 e.